The van der Waals surface area contributed by atoms with E-state index in [0.29, 0.717) is 34.5 Å². The van der Waals surface area contributed by atoms with Crippen molar-refractivity contribution in [1.29, 1.82) is 0 Å². The third-order valence-corrected chi connectivity index (χ3v) is 10.3. The molecule has 33 heavy (non-hydrogen) atoms. The van der Waals surface area contributed by atoms with Crippen LogP contribution in [0.25, 0.3) is 0 Å². The fourth-order valence-corrected chi connectivity index (χ4v) is 9.22. The van der Waals surface area contributed by atoms with E-state index in [2.05, 4.69) is 24.5 Å². The molecule has 0 aliphatic heterocycles. The minimum atomic E-state index is -0.305. The third-order valence-electron chi connectivity index (χ3n) is 9.13. The van der Waals surface area contributed by atoms with Crippen molar-refractivity contribution in [2.75, 3.05) is 11.9 Å². The van der Waals surface area contributed by atoms with Gasteiger partial charge in [-0.25, -0.2) is 4.79 Å². The van der Waals surface area contributed by atoms with Crippen LogP contribution in [0.2, 0.25) is 0 Å². The van der Waals surface area contributed by atoms with Crippen LogP contribution in [0.5, 0.6) is 0 Å². The standard InChI is InChI=1S/C27H40N2O3S/c1-5-32-26(31)23-21-7-6-15(2)8-22(21)33-25(23)29-24(30)16(3)28-17(4)27-12-18-9-19(13-27)11-20(10-18)14-27/h15-20,28H,5-14H2,1-4H3,(H,29,30)/t15-,16+,17+,18?,19?,20?,27?/m0/s1. The highest BCUT2D eigenvalue weighted by Crippen LogP contribution is 2.61. The van der Waals surface area contributed by atoms with Crippen molar-refractivity contribution in [2.45, 2.75) is 97.6 Å². The number of rotatable bonds is 7. The van der Waals surface area contributed by atoms with E-state index in [1.54, 1.807) is 11.3 Å². The quantitative estimate of drug-likeness (QED) is 0.509. The van der Waals surface area contributed by atoms with Crippen LogP contribution in [-0.4, -0.2) is 30.6 Å². The summed E-state index contributed by atoms with van der Waals surface area (Å²) in [5.41, 5.74) is 2.05. The molecule has 0 unspecified atom stereocenters. The summed E-state index contributed by atoms with van der Waals surface area (Å²) in [6.45, 7) is 8.68. The van der Waals surface area contributed by atoms with Gasteiger partial charge in [-0.15, -0.1) is 11.3 Å². The van der Waals surface area contributed by atoms with E-state index in [1.807, 2.05) is 13.8 Å². The maximum Gasteiger partial charge on any atom is 0.341 e. The van der Waals surface area contributed by atoms with Crippen molar-refractivity contribution in [1.82, 2.24) is 5.32 Å². The molecule has 4 saturated carbocycles. The van der Waals surface area contributed by atoms with E-state index in [0.717, 1.165) is 42.6 Å². The van der Waals surface area contributed by atoms with Crippen LogP contribution in [0, 0.1) is 29.1 Å². The topological polar surface area (TPSA) is 67.4 Å². The van der Waals surface area contributed by atoms with Crippen molar-refractivity contribution in [3.63, 3.8) is 0 Å². The van der Waals surface area contributed by atoms with Crippen molar-refractivity contribution in [2.24, 2.45) is 29.1 Å². The Morgan fingerprint density at radius 2 is 1.76 bits per heavy atom. The fraction of sp³-hybridized carbons (Fsp3) is 0.778. The number of esters is 1. The number of carbonyl (C=O) groups excluding carboxylic acids is 2. The lowest BCUT2D eigenvalue weighted by Crippen LogP contribution is -2.57. The van der Waals surface area contributed by atoms with Crippen molar-refractivity contribution >= 4 is 28.2 Å². The molecule has 5 nitrogen and oxygen atoms in total. The molecule has 1 aromatic rings. The molecule has 0 radical (unpaired) electrons. The molecule has 4 fully saturated rings. The number of fused-ring (bicyclic) bond motifs is 1. The van der Waals surface area contributed by atoms with Gasteiger partial charge in [0.25, 0.3) is 0 Å². The average Bonchev–Trinajstić information content (AvgIpc) is 3.09. The number of hydrogen-bond acceptors (Lipinski definition) is 5. The largest absolute Gasteiger partial charge is 0.462 e. The van der Waals surface area contributed by atoms with Gasteiger partial charge in [0.05, 0.1) is 18.2 Å². The van der Waals surface area contributed by atoms with Crippen molar-refractivity contribution < 1.29 is 14.3 Å². The zero-order chi connectivity index (χ0) is 23.3. The van der Waals surface area contributed by atoms with E-state index >= 15 is 0 Å². The fourth-order valence-electron chi connectivity index (χ4n) is 7.81. The summed E-state index contributed by atoms with van der Waals surface area (Å²) in [4.78, 5) is 27.3. The van der Waals surface area contributed by atoms with E-state index < -0.39 is 0 Å². The molecule has 0 spiro atoms. The normalized spacial score (nSPS) is 33.9. The Labute approximate surface area is 202 Å². The molecule has 1 amide bonds. The summed E-state index contributed by atoms with van der Waals surface area (Å²) in [6.07, 6.45) is 11.2. The van der Waals surface area contributed by atoms with Gasteiger partial charge in [0.2, 0.25) is 5.91 Å². The zero-order valence-electron chi connectivity index (χ0n) is 20.7. The summed E-state index contributed by atoms with van der Waals surface area (Å²) in [5, 5.41) is 7.47. The third kappa shape index (κ3) is 4.38. The molecular formula is C27H40N2O3S. The highest BCUT2D eigenvalue weighted by molar-refractivity contribution is 7.17. The van der Waals surface area contributed by atoms with Gasteiger partial charge in [-0.05, 0) is 113 Å². The number of ether oxygens (including phenoxy) is 1. The maximum atomic E-state index is 13.3. The van der Waals surface area contributed by atoms with Crippen LogP contribution in [-0.2, 0) is 22.4 Å². The van der Waals surface area contributed by atoms with Crippen LogP contribution in [0.1, 0.15) is 93.4 Å². The predicted molar refractivity (Wildman–Crippen MR) is 133 cm³/mol. The molecule has 2 N–H and O–H groups in total. The van der Waals surface area contributed by atoms with Crippen LogP contribution >= 0.6 is 11.3 Å². The minimum absolute atomic E-state index is 0.0521. The maximum absolute atomic E-state index is 13.3. The summed E-state index contributed by atoms with van der Waals surface area (Å²) in [5.74, 6) is 2.95. The molecule has 182 valence electrons. The SMILES string of the molecule is CCOC(=O)c1c(NC(=O)[C@@H](C)N[C@H](C)C23CC4CC(CC(C4)C2)C3)sc2c1CC[C@H](C)C2. The van der Waals surface area contributed by atoms with Crippen molar-refractivity contribution in [3.8, 4) is 0 Å². The molecule has 6 rings (SSSR count). The molecule has 0 aromatic carbocycles. The smallest absolute Gasteiger partial charge is 0.341 e. The number of thiophene rings is 1. The molecular weight excluding hydrogens is 432 g/mol. The van der Waals surface area contributed by atoms with Gasteiger partial charge in [0.1, 0.15) is 5.00 Å². The number of amides is 1. The summed E-state index contributed by atoms with van der Waals surface area (Å²) >= 11 is 1.57. The van der Waals surface area contributed by atoms with Crippen LogP contribution in [0.15, 0.2) is 0 Å². The summed E-state index contributed by atoms with van der Waals surface area (Å²) < 4.78 is 5.37. The lowest BCUT2D eigenvalue weighted by atomic mass is 9.48. The summed E-state index contributed by atoms with van der Waals surface area (Å²) in [6, 6.07) is 0.0228. The molecule has 1 heterocycles. The second kappa shape index (κ2) is 8.99. The lowest BCUT2D eigenvalue weighted by Gasteiger charge is -2.59. The lowest BCUT2D eigenvalue weighted by molar-refractivity contribution is -0.119. The Morgan fingerprint density at radius 3 is 2.36 bits per heavy atom. The second-order valence-corrected chi connectivity index (χ2v) is 12.8. The van der Waals surface area contributed by atoms with Gasteiger partial charge in [-0.2, -0.15) is 0 Å². The van der Waals surface area contributed by atoms with E-state index in [9.17, 15) is 9.59 Å². The van der Waals surface area contributed by atoms with Gasteiger partial charge in [0.15, 0.2) is 0 Å². The zero-order valence-corrected chi connectivity index (χ0v) is 21.5. The molecule has 5 aliphatic rings. The van der Waals surface area contributed by atoms with E-state index in [4.69, 9.17) is 4.74 Å². The van der Waals surface area contributed by atoms with Crippen LogP contribution in [0.4, 0.5) is 5.00 Å². The first-order valence-electron chi connectivity index (χ1n) is 13.2. The molecule has 4 bridgehead atoms. The van der Waals surface area contributed by atoms with Gasteiger partial charge < -0.3 is 15.4 Å². The van der Waals surface area contributed by atoms with Gasteiger partial charge in [0, 0.05) is 10.9 Å². The number of nitrogens with one attached hydrogen (secondary N) is 2. The highest BCUT2D eigenvalue weighted by Gasteiger charge is 2.53. The van der Waals surface area contributed by atoms with Gasteiger partial charge >= 0.3 is 5.97 Å². The second-order valence-electron chi connectivity index (χ2n) is 11.7. The Kier molecular flexibility index (Phi) is 6.36. The first kappa shape index (κ1) is 23.3. The molecule has 0 saturated heterocycles. The Hall–Kier alpha value is -1.40. The first-order chi connectivity index (χ1) is 15.8. The van der Waals surface area contributed by atoms with E-state index in [-0.39, 0.29) is 17.9 Å². The predicted octanol–water partition coefficient (Wildman–Crippen LogP) is 5.57. The van der Waals surface area contributed by atoms with Crippen LogP contribution < -0.4 is 10.6 Å². The Morgan fingerprint density at radius 1 is 1.12 bits per heavy atom. The van der Waals surface area contributed by atoms with Crippen LogP contribution in [0.3, 0.4) is 0 Å². The monoisotopic (exact) mass is 472 g/mol. The minimum Gasteiger partial charge on any atom is -0.462 e. The average molecular weight is 473 g/mol. The van der Waals surface area contributed by atoms with Gasteiger partial charge in [-0.1, -0.05) is 6.92 Å². The molecule has 5 aliphatic carbocycles. The molecule has 6 heteroatoms. The van der Waals surface area contributed by atoms with Gasteiger partial charge in [-0.3, -0.25) is 4.79 Å². The highest BCUT2D eigenvalue weighted by atomic mass is 32.1. The Bertz CT molecular complexity index is 887. The summed E-state index contributed by atoms with van der Waals surface area (Å²) in [7, 11) is 0. The van der Waals surface area contributed by atoms with E-state index in [1.165, 1.54) is 43.4 Å². The first-order valence-corrected chi connectivity index (χ1v) is 14.0. The molecule has 1 aromatic heterocycles. The number of carbonyl (C=O) groups is 2. The number of anilines is 1. The van der Waals surface area contributed by atoms with Crippen molar-refractivity contribution in [3.05, 3.63) is 16.0 Å². The number of hydrogen-bond donors (Lipinski definition) is 2. The molecule has 3 atom stereocenters. The Balaban J connectivity index is 1.29.